The highest BCUT2D eigenvalue weighted by Crippen LogP contribution is 2.41. The van der Waals surface area contributed by atoms with Crippen molar-refractivity contribution in [2.24, 2.45) is 0 Å². The third kappa shape index (κ3) is 2.93. The second-order valence-corrected chi connectivity index (χ2v) is 10.2. The van der Waals surface area contributed by atoms with Crippen molar-refractivity contribution in [2.45, 2.75) is 38.9 Å². The van der Waals surface area contributed by atoms with Crippen molar-refractivity contribution >= 4 is 56.4 Å². The Bertz CT molecular complexity index is 1750. The molecular weight excluding hydrogens is 437 g/mol. The number of fused-ring (bicyclic) bond motifs is 7. The quantitative estimate of drug-likeness (QED) is 0.264. The molecule has 1 fully saturated rings. The Kier molecular flexibility index (Phi) is 4.13. The zero-order valence-electron chi connectivity index (χ0n) is 20.1. The second-order valence-electron chi connectivity index (χ2n) is 10.2. The van der Waals surface area contributed by atoms with E-state index in [2.05, 4.69) is 45.9 Å². The molecule has 0 radical (unpaired) electrons. The number of hydrogen-bond donors (Lipinski definition) is 0. The molecule has 0 unspecified atom stereocenters. The first-order valence-electron chi connectivity index (χ1n) is 11.9. The Labute approximate surface area is 202 Å². The van der Waals surface area contributed by atoms with E-state index in [1.165, 1.54) is 0 Å². The van der Waals surface area contributed by atoms with Crippen LogP contribution in [0.4, 0.5) is 0 Å². The van der Waals surface area contributed by atoms with Gasteiger partial charge in [0.15, 0.2) is 5.58 Å². The zero-order chi connectivity index (χ0) is 23.9. The highest BCUT2D eigenvalue weighted by Gasteiger charge is 2.52. The van der Waals surface area contributed by atoms with E-state index in [1.54, 1.807) is 0 Å². The molecule has 0 saturated carbocycles. The lowest BCUT2D eigenvalue weighted by molar-refractivity contribution is 0.00578. The summed E-state index contributed by atoms with van der Waals surface area (Å²) in [6.07, 6.45) is 0. The molecule has 2 aromatic heterocycles. The number of oxazole rings is 1. The maximum absolute atomic E-state index is 6.41. The fraction of sp³-hybridized carbons (Fsp3) is 0.207. The largest absolute Gasteiger partial charge is 0.495 e. The van der Waals surface area contributed by atoms with Gasteiger partial charge in [0.2, 0.25) is 5.89 Å². The summed E-state index contributed by atoms with van der Waals surface area (Å²) in [5.41, 5.74) is 4.14. The molecule has 0 amide bonds. The average Bonchev–Trinajstić information content (AvgIpc) is 3.50. The monoisotopic (exact) mass is 461 g/mol. The molecule has 172 valence electrons. The van der Waals surface area contributed by atoms with E-state index in [1.807, 2.05) is 54.6 Å². The van der Waals surface area contributed by atoms with Crippen molar-refractivity contribution in [3.05, 3.63) is 72.8 Å². The van der Waals surface area contributed by atoms with Gasteiger partial charge in [0, 0.05) is 10.9 Å². The number of benzene rings is 4. The molecule has 3 heterocycles. The smallest absolute Gasteiger partial charge is 0.456 e. The Balaban J connectivity index is 1.52. The van der Waals surface area contributed by atoms with Crippen molar-refractivity contribution in [3.63, 3.8) is 0 Å². The van der Waals surface area contributed by atoms with Crippen molar-refractivity contribution < 1.29 is 18.1 Å². The molecule has 0 atom stereocenters. The van der Waals surface area contributed by atoms with E-state index in [0.29, 0.717) is 5.89 Å². The highest BCUT2D eigenvalue weighted by atomic mass is 16.7. The Morgan fingerprint density at radius 1 is 0.657 bits per heavy atom. The van der Waals surface area contributed by atoms with E-state index in [-0.39, 0.29) is 0 Å². The molecule has 0 N–H and O–H groups in total. The summed E-state index contributed by atoms with van der Waals surface area (Å²) in [4.78, 5) is 4.90. The minimum Gasteiger partial charge on any atom is -0.456 e. The topological polar surface area (TPSA) is 57.6 Å². The van der Waals surface area contributed by atoms with E-state index in [0.717, 1.165) is 54.8 Å². The first-order chi connectivity index (χ1) is 16.8. The molecule has 7 rings (SSSR count). The first-order valence-corrected chi connectivity index (χ1v) is 11.9. The molecule has 35 heavy (non-hydrogen) atoms. The standard InChI is InChI=1S/C29H24BNO4/c1-28(2)29(3,4)35-30(34-28)20-16-23-24(19-13-9-8-12-18(19)20)25-21(32-23)14-15-22-26(25)31-27(33-22)17-10-6-5-7-11-17/h5-16H,1-4H3. The van der Waals surface area contributed by atoms with Crippen molar-refractivity contribution in [1.82, 2.24) is 4.98 Å². The van der Waals surface area contributed by atoms with Crippen LogP contribution in [0.3, 0.4) is 0 Å². The number of nitrogens with zero attached hydrogens (tertiary/aromatic N) is 1. The molecule has 5 nitrogen and oxygen atoms in total. The normalized spacial score (nSPS) is 17.3. The van der Waals surface area contributed by atoms with Crippen LogP contribution in [-0.4, -0.2) is 23.3 Å². The summed E-state index contributed by atoms with van der Waals surface area (Å²) < 4.78 is 25.4. The van der Waals surface area contributed by atoms with Gasteiger partial charge in [-0.25, -0.2) is 4.98 Å². The summed E-state index contributed by atoms with van der Waals surface area (Å²) in [7, 11) is -0.487. The van der Waals surface area contributed by atoms with Crippen LogP contribution in [0.5, 0.6) is 0 Å². The van der Waals surface area contributed by atoms with E-state index < -0.39 is 18.3 Å². The van der Waals surface area contributed by atoms with Gasteiger partial charge in [0.25, 0.3) is 0 Å². The van der Waals surface area contributed by atoms with E-state index in [9.17, 15) is 0 Å². The second kappa shape index (κ2) is 6.97. The van der Waals surface area contributed by atoms with E-state index in [4.69, 9.17) is 23.1 Å². The summed E-state index contributed by atoms with van der Waals surface area (Å²) >= 11 is 0. The van der Waals surface area contributed by atoms with Crippen LogP contribution in [0.1, 0.15) is 27.7 Å². The summed E-state index contributed by atoms with van der Waals surface area (Å²) in [6, 6.07) is 24.2. The summed E-state index contributed by atoms with van der Waals surface area (Å²) in [5, 5.41) is 4.13. The SMILES string of the molecule is CC1(C)OB(c2cc3oc4ccc5oc(-c6ccccc6)nc5c4c3c3ccccc23)OC1(C)C. The third-order valence-corrected chi connectivity index (χ3v) is 7.56. The molecule has 0 bridgehead atoms. The molecule has 1 saturated heterocycles. The van der Waals surface area contributed by atoms with Crippen molar-refractivity contribution in [1.29, 1.82) is 0 Å². The first kappa shape index (κ1) is 20.7. The minimum absolute atomic E-state index is 0.428. The number of hydrogen-bond acceptors (Lipinski definition) is 5. The molecule has 6 aromatic rings. The van der Waals surface area contributed by atoms with Gasteiger partial charge in [-0.05, 0) is 74.3 Å². The van der Waals surface area contributed by atoms with Crippen molar-refractivity contribution in [2.75, 3.05) is 0 Å². The third-order valence-electron chi connectivity index (χ3n) is 7.56. The average molecular weight is 461 g/mol. The zero-order valence-corrected chi connectivity index (χ0v) is 20.1. The van der Waals surface area contributed by atoms with Crippen LogP contribution in [0, 0.1) is 0 Å². The molecule has 0 spiro atoms. The fourth-order valence-corrected chi connectivity index (χ4v) is 5.00. The lowest BCUT2D eigenvalue weighted by Gasteiger charge is -2.32. The molecule has 6 heteroatoms. The molecule has 1 aliphatic heterocycles. The Morgan fingerprint density at radius 3 is 2.06 bits per heavy atom. The van der Waals surface area contributed by atoms with Crippen LogP contribution >= 0.6 is 0 Å². The van der Waals surface area contributed by atoms with Crippen LogP contribution < -0.4 is 5.46 Å². The van der Waals surface area contributed by atoms with Gasteiger partial charge < -0.3 is 18.1 Å². The Morgan fingerprint density at radius 2 is 1.31 bits per heavy atom. The van der Waals surface area contributed by atoms with Gasteiger partial charge in [-0.2, -0.15) is 0 Å². The van der Waals surface area contributed by atoms with Crippen LogP contribution in [0.25, 0.3) is 55.3 Å². The number of aromatic nitrogens is 1. The van der Waals surface area contributed by atoms with Gasteiger partial charge in [0.1, 0.15) is 16.7 Å². The van der Waals surface area contributed by atoms with Gasteiger partial charge >= 0.3 is 7.12 Å². The van der Waals surface area contributed by atoms with Gasteiger partial charge in [-0.15, -0.1) is 0 Å². The predicted octanol–water partition coefficient (Wildman–Crippen LogP) is 6.85. The minimum atomic E-state index is -0.487. The van der Waals surface area contributed by atoms with Gasteiger partial charge in [0.05, 0.1) is 16.6 Å². The van der Waals surface area contributed by atoms with Crippen LogP contribution in [0.2, 0.25) is 0 Å². The van der Waals surface area contributed by atoms with Crippen LogP contribution in [0.15, 0.2) is 81.6 Å². The van der Waals surface area contributed by atoms with E-state index >= 15 is 0 Å². The number of furan rings is 1. The molecular formula is C29H24BNO4. The summed E-state index contributed by atoms with van der Waals surface area (Å²) in [6.45, 7) is 8.28. The number of rotatable bonds is 2. The molecule has 1 aliphatic rings. The molecule has 0 aliphatic carbocycles. The Hall–Kier alpha value is -3.61. The lowest BCUT2D eigenvalue weighted by Crippen LogP contribution is -2.41. The van der Waals surface area contributed by atoms with Crippen LogP contribution in [-0.2, 0) is 9.31 Å². The maximum Gasteiger partial charge on any atom is 0.495 e. The lowest BCUT2D eigenvalue weighted by atomic mass is 9.75. The fourth-order valence-electron chi connectivity index (χ4n) is 5.00. The predicted molar refractivity (Wildman–Crippen MR) is 140 cm³/mol. The highest BCUT2D eigenvalue weighted by molar-refractivity contribution is 6.66. The van der Waals surface area contributed by atoms with Crippen molar-refractivity contribution in [3.8, 4) is 11.5 Å². The summed E-state index contributed by atoms with van der Waals surface area (Å²) in [5.74, 6) is 0.598. The molecule has 4 aromatic carbocycles. The van der Waals surface area contributed by atoms with Gasteiger partial charge in [-0.1, -0.05) is 42.5 Å². The van der Waals surface area contributed by atoms with Gasteiger partial charge in [-0.3, -0.25) is 0 Å². The maximum atomic E-state index is 6.41.